The fourth-order valence-electron chi connectivity index (χ4n) is 1.78. The second-order valence-corrected chi connectivity index (χ2v) is 4.16. The Morgan fingerprint density at radius 1 is 1.37 bits per heavy atom. The first-order valence-electron chi connectivity index (χ1n) is 6.42. The minimum Gasteiger partial charge on any atom is -0.370 e. The Kier molecular flexibility index (Phi) is 4.55. The van der Waals surface area contributed by atoms with Gasteiger partial charge in [0.1, 0.15) is 0 Å². The van der Waals surface area contributed by atoms with E-state index in [4.69, 9.17) is 5.73 Å². The molecule has 0 radical (unpaired) electrons. The summed E-state index contributed by atoms with van der Waals surface area (Å²) < 4.78 is 1.84. The molecule has 0 bridgehead atoms. The van der Waals surface area contributed by atoms with Crippen molar-refractivity contribution in [2.75, 3.05) is 13.1 Å². The van der Waals surface area contributed by atoms with E-state index < -0.39 is 0 Å². The highest BCUT2D eigenvalue weighted by molar-refractivity contribution is 5.77. The Morgan fingerprint density at radius 3 is 2.79 bits per heavy atom. The first kappa shape index (κ1) is 13.1. The first-order chi connectivity index (χ1) is 9.29. The van der Waals surface area contributed by atoms with Crippen molar-refractivity contribution in [2.45, 2.75) is 13.3 Å². The van der Waals surface area contributed by atoms with Crippen LogP contribution in [0, 0.1) is 0 Å². The van der Waals surface area contributed by atoms with E-state index in [0.717, 1.165) is 18.7 Å². The van der Waals surface area contributed by atoms with Gasteiger partial charge in [0.2, 0.25) is 0 Å². The van der Waals surface area contributed by atoms with E-state index >= 15 is 0 Å². The summed E-state index contributed by atoms with van der Waals surface area (Å²) in [6.45, 7) is 3.49. The van der Waals surface area contributed by atoms with Crippen LogP contribution in [0.2, 0.25) is 0 Å². The molecule has 1 aromatic heterocycles. The molecule has 2 rings (SSSR count). The number of nitrogens with two attached hydrogens (primary N) is 1. The third kappa shape index (κ3) is 3.84. The van der Waals surface area contributed by atoms with Crippen LogP contribution >= 0.6 is 0 Å². The maximum absolute atomic E-state index is 5.66. The van der Waals surface area contributed by atoms with Crippen molar-refractivity contribution in [2.24, 2.45) is 10.7 Å². The van der Waals surface area contributed by atoms with Crippen LogP contribution in [-0.2, 0) is 6.42 Å². The largest absolute Gasteiger partial charge is 0.370 e. The second-order valence-electron chi connectivity index (χ2n) is 4.16. The van der Waals surface area contributed by atoms with E-state index in [1.165, 1.54) is 5.56 Å². The smallest absolute Gasteiger partial charge is 0.188 e. The molecule has 3 N–H and O–H groups in total. The van der Waals surface area contributed by atoms with Crippen LogP contribution in [0.4, 0.5) is 0 Å². The molecule has 0 aliphatic carbocycles. The minimum absolute atomic E-state index is 0.510. The van der Waals surface area contributed by atoms with Crippen molar-refractivity contribution >= 4 is 5.96 Å². The minimum atomic E-state index is 0.510. The molecule has 0 fully saturated rings. The zero-order valence-corrected chi connectivity index (χ0v) is 11.1. The quantitative estimate of drug-likeness (QED) is 0.627. The molecule has 0 atom stereocenters. The predicted octanol–water partition coefficient (Wildman–Crippen LogP) is 1.34. The van der Waals surface area contributed by atoms with Gasteiger partial charge in [-0.3, -0.25) is 4.99 Å². The normalized spacial score (nSPS) is 11.5. The number of nitrogens with one attached hydrogen (secondary N) is 1. The predicted molar refractivity (Wildman–Crippen MR) is 77.4 cm³/mol. The van der Waals surface area contributed by atoms with Gasteiger partial charge in [0.05, 0.1) is 5.69 Å². The molecule has 0 unspecified atom stereocenters. The summed E-state index contributed by atoms with van der Waals surface area (Å²) in [6, 6.07) is 10.2. The number of aromatic nitrogens is 2. The molecule has 1 heterocycles. The lowest BCUT2D eigenvalue weighted by molar-refractivity contribution is 0.876. The topological polar surface area (TPSA) is 68.2 Å². The van der Waals surface area contributed by atoms with Gasteiger partial charge in [-0.1, -0.05) is 12.1 Å². The number of aliphatic imine (C=N–C) groups is 1. The molecule has 100 valence electrons. The van der Waals surface area contributed by atoms with E-state index in [9.17, 15) is 0 Å². The average Bonchev–Trinajstić information content (AvgIpc) is 2.94. The number of guanidine groups is 1. The van der Waals surface area contributed by atoms with Crippen LogP contribution in [0.25, 0.3) is 5.69 Å². The Bertz CT molecular complexity index is 513. The Hall–Kier alpha value is -2.30. The summed E-state index contributed by atoms with van der Waals surface area (Å²) in [5.41, 5.74) is 7.96. The summed E-state index contributed by atoms with van der Waals surface area (Å²) >= 11 is 0. The lowest BCUT2D eigenvalue weighted by Crippen LogP contribution is -2.31. The van der Waals surface area contributed by atoms with Gasteiger partial charge in [-0.25, -0.2) is 4.68 Å². The van der Waals surface area contributed by atoms with Crippen LogP contribution in [0.3, 0.4) is 0 Å². The van der Waals surface area contributed by atoms with Crippen molar-refractivity contribution in [1.29, 1.82) is 0 Å². The van der Waals surface area contributed by atoms with Crippen LogP contribution in [0.5, 0.6) is 0 Å². The third-order valence-corrected chi connectivity index (χ3v) is 2.75. The lowest BCUT2D eigenvalue weighted by atomic mass is 10.1. The van der Waals surface area contributed by atoms with Crippen molar-refractivity contribution in [3.05, 3.63) is 48.3 Å². The van der Waals surface area contributed by atoms with Gasteiger partial charge in [-0.15, -0.1) is 0 Å². The molecule has 0 spiro atoms. The number of hydrogen-bond acceptors (Lipinski definition) is 2. The van der Waals surface area contributed by atoms with E-state index in [0.29, 0.717) is 12.5 Å². The summed E-state index contributed by atoms with van der Waals surface area (Å²) in [7, 11) is 0. The van der Waals surface area contributed by atoms with Crippen LogP contribution in [0.15, 0.2) is 47.7 Å². The summed E-state index contributed by atoms with van der Waals surface area (Å²) in [5.74, 6) is 0.510. The highest BCUT2D eigenvalue weighted by Gasteiger charge is 1.97. The van der Waals surface area contributed by atoms with E-state index in [1.54, 1.807) is 6.20 Å². The van der Waals surface area contributed by atoms with Gasteiger partial charge in [0, 0.05) is 25.5 Å². The lowest BCUT2D eigenvalue weighted by Gasteiger charge is -2.04. The maximum Gasteiger partial charge on any atom is 0.188 e. The Morgan fingerprint density at radius 2 is 2.16 bits per heavy atom. The number of nitrogens with zero attached hydrogens (tertiary/aromatic N) is 3. The zero-order valence-electron chi connectivity index (χ0n) is 11.1. The fraction of sp³-hybridized carbons (Fsp3) is 0.286. The van der Waals surface area contributed by atoms with Gasteiger partial charge in [-0.05, 0) is 37.1 Å². The van der Waals surface area contributed by atoms with Crippen molar-refractivity contribution < 1.29 is 0 Å². The van der Waals surface area contributed by atoms with Gasteiger partial charge >= 0.3 is 0 Å². The molecule has 0 saturated carbocycles. The van der Waals surface area contributed by atoms with Crippen molar-refractivity contribution in [1.82, 2.24) is 15.1 Å². The third-order valence-electron chi connectivity index (χ3n) is 2.75. The molecule has 1 aromatic carbocycles. The molecule has 5 heteroatoms. The number of benzene rings is 1. The fourth-order valence-corrected chi connectivity index (χ4v) is 1.78. The van der Waals surface area contributed by atoms with Gasteiger partial charge in [0.25, 0.3) is 0 Å². The van der Waals surface area contributed by atoms with Crippen LogP contribution < -0.4 is 11.1 Å². The summed E-state index contributed by atoms with van der Waals surface area (Å²) in [6.07, 6.45) is 4.58. The summed E-state index contributed by atoms with van der Waals surface area (Å²) in [5, 5.41) is 7.17. The van der Waals surface area contributed by atoms with E-state index in [-0.39, 0.29) is 0 Å². The van der Waals surface area contributed by atoms with Crippen LogP contribution in [-0.4, -0.2) is 28.8 Å². The highest BCUT2D eigenvalue weighted by atomic mass is 15.3. The molecular weight excluding hydrogens is 238 g/mol. The molecular formula is C14H19N5. The number of rotatable bonds is 5. The zero-order chi connectivity index (χ0) is 13.5. The van der Waals surface area contributed by atoms with E-state index in [2.05, 4.69) is 39.7 Å². The molecule has 0 saturated heterocycles. The number of hydrogen-bond donors (Lipinski definition) is 2. The van der Waals surface area contributed by atoms with Crippen LogP contribution in [0.1, 0.15) is 12.5 Å². The van der Waals surface area contributed by atoms with Gasteiger partial charge in [0.15, 0.2) is 5.96 Å². The Balaban J connectivity index is 1.91. The van der Waals surface area contributed by atoms with Gasteiger partial charge in [-0.2, -0.15) is 5.10 Å². The standard InChI is InChI=1S/C14H19N5/c1-2-16-14(15)17-10-8-12-4-6-13(7-5-12)19-11-3-9-18-19/h3-7,9,11H,2,8,10H2,1H3,(H3,15,16,17). The Labute approximate surface area is 113 Å². The first-order valence-corrected chi connectivity index (χ1v) is 6.42. The van der Waals surface area contributed by atoms with Crippen molar-refractivity contribution in [3.63, 3.8) is 0 Å². The van der Waals surface area contributed by atoms with E-state index in [1.807, 2.05) is 23.9 Å². The van der Waals surface area contributed by atoms with Gasteiger partial charge < -0.3 is 11.1 Å². The molecule has 5 nitrogen and oxygen atoms in total. The summed E-state index contributed by atoms with van der Waals surface area (Å²) in [4.78, 5) is 4.25. The average molecular weight is 257 g/mol. The highest BCUT2D eigenvalue weighted by Crippen LogP contribution is 2.09. The molecule has 2 aromatic rings. The monoisotopic (exact) mass is 257 g/mol. The molecule has 0 amide bonds. The maximum atomic E-state index is 5.66. The second kappa shape index (κ2) is 6.58. The SMILES string of the molecule is CCNC(N)=NCCc1ccc(-n2cccn2)cc1. The molecule has 19 heavy (non-hydrogen) atoms. The molecule has 0 aliphatic rings. The van der Waals surface area contributed by atoms with Crippen molar-refractivity contribution in [3.8, 4) is 5.69 Å². The molecule has 0 aliphatic heterocycles.